The number of carbonyl (C=O) groups is 1. The van der Waals surface area contributed by atoms with Crippen LogP contribution in [-0.2, 0) is 14.8 Å². The second-order valence-corrected chi connectivity index (χ2v) is 10.5. The maximum Gasteiger partial charge on any atom is 0.243 e. The van der Waals surface area contributed by atoms with Gasteiger partial charge in [-0.25, -0.2) is 12.8 Å². The van der Waals surface area contributed by atoms with E-state index in [2.05, 4.69) is 22.3 Å². The molecule has 2 aliphatic rings. The van der Waals surface area contributed by atoms with E-state index in [0.29, 0.717) is 19.4 Å². The molecule has 8 heteroatoms. The second kappa shape index (κ2) is 10.1. The summed E-state index contributed by atoms with van der Waals surface area (Å²) in [5.41, 5.74) is 1.20. The summed E-state index contributed by atoms with van der Waals surface area (Å²) < 4.78 is 40.1. The molecule has 2 aromatic rings. The van der Waals surface area contributed by atoms with Crippen LogP contribution in [0.1, 0.15) is 37.3 Å². The molecule has 1 atom stereocenters. The van der Waals surface area contributed by atoms with Gasteiger partial charge in [0.25, 0.3) is 0 Å². The largest absolute Gasteiger partial charge is 0.354 e. The summed E-state index contributed by atoms with van der Waals surface area (Å²) in [5, 5.41) is 3.13. The Hall–Kier alpha value is -2.29. The number of piperidine rings is 1. The molecule has 0 aliphatic carbocycles. The second-order valence-electron chi connectivity index (χ2n) is 8.55. The van der Waals surface area contributed by atoms with Crippen LogP contribution in [0.15, 0.2) is 59.5 Å². The van der Waals surface area contributed by atoms with Gasteiger partial charge in [-0.2, -0.15) is 4.31 Å². The molecule has 2 aliphatic heterocycles. The van der Waals surface area contributed by atoms with Crippen molar-refractivity contribution in [2.24, 2.45) is 5.92 Å². The van der Waals surface area contributed by atoms with E-state index < -0.39 is 15.8 Å². The highest BCUT2D eigenvalue weighted by molar-refractivity contribution is 7.89. The van der Waals surface area contributed by atoms with Crippen molar-refractivity contribution in [3.8, 4) is 0 Å². The first kappa shape index (κ1) is 22.9. The van der Waals surface area contributed by atoms with Gasteiger partial charge in [-0.3, -0.25) is 9.69 Å². The molecule has 32 heavy (non-hydrogen) atoms. The van der Waals surface area contributed by atoms with Gasteiger partial charge in [0.15, 0.2) is 0 Å². The number of rotatable bonds is 7. The molecule has 1 unspecified atom stereocenters. The fraction of sp³-hybridized carbons (Fsp3) is 0.458. The predicted molar refractivity (Wildman–Crippen MR) is 121 cm³/mol. The summed E-state index contributed by atoms with van der Waals surface area (Å²) in [6.07, 6.45) is 3.31. The number of benzene rings is 2. The normalized spacial score (nSPS) is 19.7. The smallest absolute Gasteiger partial charge is 0.243 e. The molecule has 1 N–H and O–H groups in total. The van der Waals surface area contributed by atoms with Crippen molar-refractivity contribution in [2.45, 2.75) is 36.6 Å². The molecule has 4 rings (SSSR count). The molecule has 2 aromatic carbocycles. The molecule has 172 valence electrons. The Balaban J connectivity index is 1.33. The van der Waals surface area contributed by atoms with Crippen LogP contribution in [0.25, 0.3) is 0 Å². The maximum atomic E-state index is 13.1. The average Bonchev–Trinajstić information content (AvgIpc) is 3.35. The van der Waals surface area contributed by atoms with E-state index >= 15 is 0 Å². The number of nitrogens with zero attached hydrogens (tertiary/aromatic N) is 2. The first-order valence-corrected chi connectivity index (χ1v) is 12.7. The quantitative estimate of drug-likeness (QED) is 0.691. The third-order valence-corrected chi connectivity index (χ3v) is 8.42. The summed E-state index contributed by atoms with van der Waals surface area (Å²) in [7, 11) is -3.67. The van der Waals surface area contributed by atoms with Crippen LogP contribution >= 0.6 is 0 Å². The lowest BCUT2D eigenvalue weighted by Gasteiger charge is -2.32. The maximum absolute atomic E-state index is 13.1. The van der Waals surface area contributed by atoms with Crippen molar-refractivity contribution in [3.63, 3.8) is 0 Å². The molecule has 2 fully saturated rings. The zero-order valence-corrected chi connectivity index (χ0v) is 18.9. The van der Waals surface area contributed by atoms with Gasteiger partial charge in [-0.05, 0) is 68.6 Å². The van der Waals surface area contributed by atoms with Crippen molar-refractivity contribution in [3.05, 3.63) is 66.0 Å². The summed E-state index contributed by atoms with van der Waals surface area (Å²) in [6, 6.07) is 15.3. The molecule has 0 radical (unpaired) electrons. The Morgan fingerprint density at radius 3 is 2.22 bits per heavy atom. The highest BCUT2D eigenvalue weighted by Gasteiger charge is 2.32. The van der Waals surface area contributed by atoms with Crippen LogP contribution < -0.4 is 5.32 Å². The molecule has 0 aromatic heterocycles. The number of halogens is 1. The van der Waals surface area contributed by atoms with Crippen LogP contribution in [0.4, 0.5) is 4.39 Å². The molecule has 2 saturated heterocycles. The van der Waals surface area contributed by atoms with E-state index in [1.54, 1.807) is 0 Å². The third-order valence-electron chi connectivity index (χ3n) is 6.51. The van der Waals surface area contributed by atoms with E-state index in [4.69, 9.17) is 0 Å². The van der Waals surface area contributed by atoms with E-state index in [-0.39, 0.29) is 35.9 Å². The van der Waals surface area contributed by atoms with Gasteiger partial charge < -0.3 is 5.32 Å². The number of hydrogen-bond acceptors (Lipinski definition) is 4. The number of likely N-dealkylation sites (tertiary alicyclic amines) is 1. The number of carbonyl (C=O) groups excluding carboxylic acids is 1. The minimum absolute atomic E-state index is 0.0102. The van der Waals surface area contributed by atoms with Gasteiger partial charge in [-0.15, -0.1) is 0 Å². The Morgan fingerprint density at radius 2 is 1.59 bits per heavy atom. The van der Waals surface area contributed by atoms with E-state index in [1.165, 1.54) is 34.8 Å². The van der Waals surface area contributed by atoms with Gasteiger partial charge in [0.05, 0.1) is 10.9 Å². The van der Waals surface area contributed by atoms with Crippen molar-refractivity contribution < 1.29 is 17.6 Å². The van der Waals surface area contributed by atoms with Crippen molar-refractivity contribution in [1.29, 1.82) is 0 Å². The zero-order chi connectivity index (χ0) is 22.6. The lowest BCUT2D eigenvalue weighted by molar-refractivity contribution is -0.126. The predicted octanol–water partition coefficient (Wildman–Crippen LogP) is 3.18. The van der Waals surface area contributed by atoms with Gasteiger partial charge >= 0.3 is 0 Å². The van der Waals surface area contributed by atoms with Gasteiger partial charge in [0.1, 0.15) is 5.82 Å². The Labute approximate surface area is 189 Å². The standard InChI is InChI=1S/C24H30FN3O3S/c25-21-8-10-22(11-9-21)32(30,31)28-16-12-20(13-17-28)24(29)26-18-23(27-14-4-5-15-27)19-6-2-1-3-7-19/h1-3,6-11,20,23H,4-5,12-18H2,(H,26,29). The summed E-state index contributed by atoms with van der Waals surface area (Å²) >= 11 is 0. The van der Waals surface area contributed by atoms with Crippen LogP contribution in [0, 0.1) is 11.7 Å². The summed E-state index contributed by atoms with van der Waals surface area (Å²) in [6.45, 7) is 3.19. The summed E-state index contributed by atoms with van der Waals surface area (Å²) in [5.74, 6) is -0.685. The topological polar surface area (TPSA) is 69.7 Å². The molecule has 2 heterocycles. The highest BCUT2D eigenvalue weighted by atomic mass is 32.2. The van der Waals surface area contributed by atoms with Crippen LogP contribution in [0.3, 0.4) is 0 Å². The van der Waals surface area contributed by atoms with Gasteiger partial charge in [0.2, 0.25) is 15.9 Å². The average molecular weight is 460 g/mol. The molecule has 0 saturated carbocycles. The third kappa shape index (κ3) is 5.19. The molecular weight excluding hydrogens is 429 g/mol. The lowest BCUT2D eigenvalue weighted by Crippen LogP contribution is -2.44. The fourth-order valence-electron chi connectivity index (χ4n) is 4.64. The highest BCUT2D eigenvalue weighted by Crippen LogP contribution is 2.26. The number of amides is 1. The van der Waals surface area contributed by atoms with E-state index in [1.807, 2.05) is 18.2 Å². The SMILES string of the molecule is O=C(NCC(c1ccccc1)N1CCCC1)C1CCN(S(=O)(=O)c2ccc(F)cc2)CC1. The minimum atomic E-state index is -3.67. The monoisotopic (exact) mass is 459 g/mol. The van der Waals surface area contributed by atoms with Crippen LogP contribution in [-0.4, -0.2) is 56.3 Å². The zero-order valence-electron chi connectivity index (χ0n) is 18.1. The molecular formula is C24H30FN3O3S. The lowest BCUT2D eigenvalue weighted by atomic mass is 9.97. The van der Waals surface area contributed by atoms with Crippen LogP contribution in [0.5, 0.6) is 0 Å². The first-order chi connectivity index (χ1) is 15.4. The minimum Gasteiger partial charge on any atom is -0.354 e. The number of hydrogen-bond donors (Lipinski definition) is 1. The summed E-state index contributed by atoms with van der Waals surface area (Å²) in [4.78, 5) is 15.4. The Morgan fingerprint density at radius 1 is 0.969 bits per heavy atom. The molecule has 0 bridgehead atoms. The first-order valence-electron chi connectivity index (χ1n) is 11.3. The van der Waals surface area contributed by atoms with Crippen molar-refractivity contribution in [2.75, 3.05) is 32.7 Å². The molecule has 0 spiro atoms. The van der Waals surface area contributed by atoms with E-state index in [0.717, 1.165) is 25.2 Å². The van der Waals surface area contributed by atoms with Crippen LogP contribution in [0.2, 0.25) is 0 Å². The van der Waals surface area contributed by atoms with Crippen molar-refractivity contribution >= 4 is 15.9 Å². The Bertz CT molecular complexity index is 1000. The van der Waals surface area contributed by atoms with Crippen molar-refractivity contribution in [1.82, 2.24) is 14.5 Å². The van der Waals surface area contributed by atoms with Gasteiger partial charge in [0, 0.05) is 25.6 Å². The fourth-order valence-corrected chi connectivity index (χ4v) is 6.11. The number of sulfonamides is 1. The molecule has 6 nitrogen and oxygen atoms in total. The number of nitrogens with one attached hydrogen (secondary N) is 1. The van der Waals surface area contributed by atoms with E-state index in [9.17, 15) is 17.6 Å². The van der Waals surface area contributed by atoms with Gasteiger partial charge in [-0.1, -0.05) is 30.3 Å². The molecule has 1 amide bonds. The Kier molecular flexibility index (Phi) is 7.23.